The van der Waals surface area contributed by atoms with Gasteiger partial charge < -0.3 is 22.3 Å². The van der Waals surface area contributed by atoms with Crippen molar-refractivity contribution in [3.63, 3.8) is 0 Å². The summed E-state index contributed by atoms with van der Waals surface area (Å²) in [5.41, 5.74) is 0. The van der Waals surface area contributed by atoms with E-state index in [9.17, 15) is 9.90 Å². The van der Waals surface area contributed by atoms with Gasteiger partial charge in [0.05, 0.1) is 5.97 Å². The number of allylic oxidation sites excluding steroid dienone is 3. The van der Waals surface area contributed by atoms with Gasteiger partial charge in [0.1, 0.15) is 0 Å². The van der Waals surface area contributed by atoms with Crippen LogP contribution in [-0.4, -0.2) is 5.97 Å². The monoisotopic (exact) mass is 231 g/mol. The first-order chi connectivity index (χ1) is 3.77. The molecule has 0 unspecified atom stereocenters. The van der Waals surface area contributed by atoms with Crippen molar-refractivity contribution in [1.82, 2.24) is 0 Å². The van der Waals surface area contributed by atoms with E-state index in [1.807, 2.05) is 0 Å². The molecule has 52 valence electrons. The van der Waals surface area contributed by atoms with Gasteiger partial charge in [-0.25, -0.2) is 0 Å². The fraction of sp³-hybridized carbons (Fsp3) is 0.167. The molecular weight excluding hydrogens is 225 g/mol. The molecule has 0 rings (SSSR count). The van der Waals surface area contributed by atoms with E-state index in [0.29, 0.717) is 0 Å². The second-order valence-corrected chi connectivity index (χ2v) is 1.20. The molecule has 0 bridgehead atoms. The van der Waals surface area contributed by atoms with Gasteiger partial charge in [0, 0.05) is 0 Å². The van der Waals surface area contributed by atoms with Gasteiger partial charge >= 0.3 is 110 Å². The van der Waals surface area contributed by atoms with E-state index < -0.39 is 5.97 Å². The Hall–Kier alpha value is 2.88. The zero-order chi connectivity index (χ0) is 6.41. The number of hydrogen-bond donors (Lipinski definition) is 0. The number of carbonyl (C=O) groups is 1. The van der Waals surface area contributed by atoms with Crippen molar-refractivity contribution in [1.29, 1.82) is 0 Å². The summed E-state index contributed by atoms with van der Waals surface area (Å²) in [7, 11) is 0. The third-order valence-electron chi connectivity index (χ3n) is 0.536. The number of halogens is 1. The van der Waals surface area contributed by atoms with Crippen LogP contribution in [0, 0.1) is 0 Å². The summed E-state index contributed by atoms with van der Waals surface area (Å²) in [5, 5.41) is 9.64. The summed E-state index contributed by atoms with van der Waals surface area (Å²) in [5.74, 6) is -1.16. The fourth-order valence-electron chi connectivity index (χ4n) is 0.245. The third kappa shape index (κ3) is 29.3. The largest absolute Gasteiger partial charge is 1.00 e. The molecule has 0 aromatic rings. The third-order valence-corrected chi connectivity index (χ3v) is 0.536. The van der Waals surface area contributed by atoms with Crippen molar-refractivity contribution in [3.05, 3.63) is 24.3 Å². The molecular formula is C6H7ClKNa2O2+. The van der Waals surface area contributed by atoms with Crippen LogP contribution in [0.4, 0.5) is 0 Å². The fourth-order valence-corrected chi connectivity index (χ4v) is 0.245. The first kappa shape index (κ1) is 29.4. The van der Waals surface area contributed by atoms with Crippen LogP contribution in [0.15, 0.2) is 24.3 Å². The standard InChI is InChI=1S/C6H8O2.ClH.K.2Na/c1-2-3-4-5-6(7)8;;;;/h2-5H,1H3,(H,7,8);1H;;;/q;;3*+1/p-2/b3-2+,5-4+;;;;. The van der Waals surface area contributed by atoms with E-state index in [2.05, 4.69) is 0 Å². The van der Waals surface area contributed by atoms with E-state index in [1.54, 1.807) is 19.1 Å². The Labute approximate surface area is 166 Å². The molecule has 0 aliphatic rings. The minimum absolute atomic E-state index is 0. The average molecular weight is 232 g/mol. The van der Waals surface area contributed by atoms with Gasteiger partial charge in [-0.05, 0) is 13.0 Å². The Balaban J connectivity index is -0.0000000408. The van der Waals surface area contributed by atoms with Gasteiger partial charge in [-0.2, -0.15) is 0 Å². The predicted molar refractivity (Wildman–Crippen MR) is 29.0 cm³/mol. The number of aliphatic carboxylic acids is 1. The molecule has 0 heterocycles. The second-order valence-electron chi connectivity index (χ2n) is 1.20. The van der Waals surface area contributed by atoms with Crippen LogP contribution in [-0.2, 0) is 4.79 Å². The molecule has 0 aromatic heterocycles. The van der Waals surface area contributed by atoms with Gasteiger partial charge in [0.2, 0.25) is 0 Å². The number of carbonyl (C=O) groups excluding carboxylic acids is 1. The van der Waals surface area contributed by atoms with E-state index in [0.717, 1.165) is 6.08 Å². The Morgan fingerprint density at radius 3 is 1.92 bits per heavy atom. The Kier molecular flexibility index (Phi) is 57.7. The van der Waals surface area contributed by atoms with Crippen molar-refractivity contribution in [2.75, 3.05) is 0 Å². The Bertz CT molecular complexity index is 140. The Morgan fingerprint density at radius 2 is 1.67 bits per heavy atom. The van der Waals surface area contributed by atoms with Crippen LogP contribution >= 0.6 is 0 Å². The summed E-state index contributed by atoms with van der Waals surface area (Å²) in [6, 6.07) is 0. The minimum Gasteiger partial charge on any atom is -1.00 e. The van der Waals surface area contributed by atoms with E-state index in [-0.39, 0.29) is 123 Å². The molecule has 0 saturated carbocycles. The van der Waals surface area contributed by atoms with Crippen LogP contribution in [0.3, 0.4) is 0 Å². The Morgan fingerprint density at radius 1 is 1.25 bits per heavy atom. The normalized spacial score (nSPS) is 7.42. The second kappa shape index (κ2) is 23.6. The van der Waals surface area contributed by atoms with Crippen molar-refractivity contribution < 1.29 is 133 Å². The molecule has 6 heteroatoms. The zero-order valence-corrected chi connectivity index (χ0v) is 15.9. The molecule has 0 radical (unpaired) electrons. The minimum atomic E-state index is -1.16. The summed E-state index contributed by atoms with van der Waals surface area (Å²) in [4.78, 5) is 9.64. The van der Waals surface area contributed by atoms with Crippen molar-refractivity contribution in [2.24, 2.45) is 0 Å². The molecule has 0 aliphatic carbocycles. The molecule has 0 N–H and O–H groups in total. The molecule has 0 aromatic carbocycles. The van der Waals surface area contributed by atoms with Crippen molar-refractivity contribution in [2.45, 2.75) is 6.92 Å². The van der Waals surface area contributed by atoms with Crippen molar-refractivity contribution >= 4 is 5.97 Å². The maximum Gasteiger partial charge on any atom is 1.00 e. The smallest absolute Gasteiger partial charge is 1.00 e. The summed E-state index contributed by atoms with van der Waals surface area (Å²) in [6.45, 7) is 1.81. The van der Waals surface area contributed by atoms with Crippen LogP contribution in [0.25, 0.3) is 0 Å². The summed E-state index contributed by atoms with van der Waals surface area (Å²) < 4.78 is 0. The zero-order valence-electron chi connectivity index (χ0n) is 8.00. The molecule has 0 spiro atoms. The quantitative estimate of drug-likeness (QED) is 0.269. The molecule has 0 amide bonds. The SMILES string of the molecule is C/C=C/C=C/C(=O)[O-].[Cl-].[K+].[Na+].[Na+]. The molecule has 12 heavy (non-hydrogen) atoms. The predicted octanol–water partition coefficient (Wildman–Crippen LogP) is -12.1. The molecule has 0 fully saturated rings. The number of carboxylic acid groups (broad SMARTS) is 1. The maximum absolute atomic E-state index is 9.64. The van der Waals surface area contributed by atoms with E-state index in [4.69, 9.17) is 0 Å². The van der Waals surface area contributed by atoms with Gasteiger partial charge in [-0.3, -0.25) is 0 Å². The van der Waals surface area contributed by atoms with Gasteiger partial charge in [-0.15, -0.1) is 0 Å². The van der Waals surface area contributed by atoms with Crippen LogP contribution < -0.4 is 128 Å². The van der Waals surface area contributed by atoms with Gasteiger partial charge in [-0.1, -0.05) is 18.2 Å². The molecule has 2 nitrogen and oxygen atoms in total. The first-order valence-electron chi connectivity index (χ1n) is 2.27. The molecule has 0 saturated heterocycles. The molecule has 0 aliphatic heterocycles. The number of hydrogen-bond acceptors (Lipinski definition) is 2. The average Bonchev–Trinajstić information content (AvgIpc) is 1.66. The summed E-state index contributed by atoms with van der Waals surface area (Å²) in [6.07, 6.45) is 5.74. The number of carboxylic acids is 1. The van der Waals surface area contributed by atoms with Gasteiger partial charge in [0.15, 0.2) is 0 Å². The van der Waals surface area contributed by atoms with E-state index in [1.165, 1.54) is 6.08 Å². The van der Waals surface area contributed by atoms with Crippen LogP contribution in [0.1, 0.15) is 6.92 Å². The maximum atomic E-state index is 9.64. The van der Waals surface area contributed by atoms with Crippen LogP contribution in [0.2, 0.25) is 0 Å². The summed E-state index contributed by atoms with van der Waals surface area (Å²) >= 11 is 0. The van der Waals surface area contributed by atoms with Gasteiger partial charge in [0.25, 0.3) is 0 Å². The van der Waals surface area contributed by atoms with Crippen LogP contribution in [0.5, 0.6) is 0 Å². The number of rotatable bonds is 2. The topological polar surface area (TPSA) is 40.1 Å². The van der Waals surface area contributed by atoms with Crippen molar-refractivity contribution in [3.8, 4) is 0 Å². The van der Waals surface area contributed by atoms with E-state index >= 15 is 0 Å². The molecule has 0 atom stereocenters. The first-order valence-corrected chi connectivity index (χ1v) is 2.27.